The Morgan fingerprint density at radius 2 is 1.93 bits per heavy atom. The number of rotatable bonds is 7. The lowest BCUT2D eigenvalue weighted by Gasteiger charge is -2.14. The van der Waals surface area contributed by atoms with Gasteiger partial charge in [0.15, 0.2) is 0 Å². The Morgan fingerprint density at radius 3 is 2.50 bits per heavy atom. The van der Waals surface area contributed by atoms with Gasteiger partial charge in [0, 0.05) is 18.2 Å². The predicted octanol–water partition coefficient (Wildman–Crippen LogP) is 3.40. The van der Waals surface area contributed by atoms with Crippen LogP contribution in [0.2, 0.25) is 0 Å². The number of fused-ring (bicyclic) bond motifs is 1. The van der Waals surface area contributed by atoms with Crippen LogP contribution in [0.3, 0.4) is 0 Å². The highest BCUT2D eigenvalue weighted by atomic mass is 32.2. The van der Waals surface area contributed by atoms with Crippen LogP contribution in [-0.2, 0) is 4.74 Å². The summed E-state index contributed by atoms with van der Waals surface area (Å²) in [5.74, 6) is -0.916. The first-order valence-corrected chi connectivity index (χ1v) is 10.9. The fourth-order valence-corrected chi connectivity index (χ4v) is 4.01. The molecule has 2 aromatic rings. The highest BCUT2D eigenvalue weighted by molar-refractivity contribution is 7.98. The molecule has 1 aliphatic heterocycles. The first-order valence-electron chi connectivity index (χ1n) is 9.66. The molecule has 0 saturated heterocycles. The van der Waals surface area contributed by atoms with Gasteiger partial charge >= 0.3 is 5.97 Å². The van der Waals surface area contributed by atoms with Crippen LogP contribution in [-0.4, -0.2) is 47.1 Å². The average Bonchev–Trinajstić information content (AvgIpc) is 3.59. The Balaban J connectivity index is 1.39. The number of pyridine rings is 1. The van der Waals surface area contributed by atoms with E-state index in [2.05, 4.69) is 11.1 Å². The van der Waals surface area contributed by atoms with Gasteiger partial charge < -0.3 is 4.74 Å². The Kier molecular flexibility index (Phi) is 5.55. The van der Waals surface area contributed by atoms with Crippen LogP contribution in [0.15, 0.2) is 35.4 Å². The molecule has 0 spiro atoms. The quantitative estimate of drug-likeness (QED) is 0.292. The lowest BCUT2D eigenvalue weighted by Crippen LogP contribution is -2.31. The number of amides is 2. The monoisotopic (exact) mass is 421 g/mol. The van der Waals surface area contributed by atoms with Gasteiger partial charge in [0.2, 0.25) is 0 Å². The second kappa shape index (κ2) is 8.28. The number of aromatic nitrogens is 1. The molecular formula is C22H19N3O4S. The van der Waals surface area contributed by atoms with Crippen LogP contribution in [0.1, 0.15) is 67.5 Å². The summed E-state index contributed by atoms with van der Waals surface area (Å²) in [5.41, 5.74) is 2.05. The number of nitriles is 1. The molecule has 2 aliphatic rings. The van der Waals surface area contributed by atoms with Crippen molar-refractivity contribution in [1.82, 2.24) is 9.88 Å². The highest BCUT2D eigenvalue weighted by Crippen LogP contribution is 2.40. The molecule has 0 N–H and O–H groups in total. The summed E-state index contributed by atoms with van der Waals surface area (Å²) in [6.45, 7) is 0.192. The molecule has 152 valence electrons. The summed E-state index contributed by atoms with van der Waals surface area (Å²) < 4.78 is 5.36. The lowest BCUT2D eigenvalue weighted by atomic mass is 10.1. The number of esters is 1. The maximum Gasteiger partial charge on any atom is 0.339 e. The van der Waals surface area contributed by atoms with E-state index in [-0.39, 0.29) is 36.1 Å². The van der Waals surface area contributed by atoms with E-state index in [0.717, 1.165) is 18.5 Å². The zero-order valence-electron chi connectivity index (χ0n) is 16.4. The maximum absolute atomic E-state index is 12.6. The van der Waals surface area contributed by atoms with E-state index < -0.39 is 5.97 Å². The minimum Gasteiger partial charge on any atom is -0.462 e. The molecule has 7 nitrogen and oxygen atoms in total. The maximum atomic E-state index is 12.6. The molecule has 2 amide bonds. The van der Waals surface area contributed by atoms with Gasteiger partial charge in [0.1, 0.15) is 11.1 Å². The molecular weight excluding hydrogens is 402 g/mol. The third-order valence-corrected chi connectivity index (χ3v) is 5.85. The van der Waals surface area contributed by atoms with Crippen LogP contribution in [0, 0.1) is 11.3 Å². The van der Waals surface area contributed by atoms with Gasteiger partial charge in [-0.3, -0.25) is 14.5 Å². The van der Waals surface area contributed by atoms with Gasteiger partial charge in [-0.1, -0.05) is 12.1 Å². The summed E-state index contributed by atoms with van der Waals surface area (Å²) >= 11 is 1.33. The lowest BCUT2D eigenvalue weighted by molar-refractivity contribution is 0.0481. The van der Waals surface area contributed by atoms with E-state index in [4.69, 9.17) is 4.74 Å². The molecule has 0 atom stereocenters. The van der Waals surface area contributed by atoms with Crippen molar-refractivity contribution in [3.05, 3.63) is 58.3 Å². The first kappa shape index (κ1) is 20.1. The Labute approximate surface area is 178 Å². The van der Waals surface area contributed by atoms with Gasteiger partial charge in [0.25, 0.3) is 11.8 Å². The number of carbonyl (C=O) groups excluding carboxylic acids is 3. The number of ether oxygens (including phenoxy) is 1. The second-order valence-corrected chi connectivity index (χ2v) is 7.96. The van der Waals surface area contributed by atoms with Crippen LogP contribution >= 0.6 is 11.8 Å². The van der Waals surface area contributed by atoms with E-state index >= 15 is 0 Å². The number of hydrogen-bond donors (Lipinski definition) is 0. The zero-order chi connectivity index (χ0) is 21.3. The Hall–Kier alpha value is -3.18. The molecule has 8 heteroatoms. The number of imide groups is 1. The van der Waals surface area contributed by atoms with Gasteiger partial charge in [-0.05, 0) is 43.7 Å². The summed E-state index contributed by atoms with van der Waals surface area (Å²) in [6, 6.07) is 10.4. The topological polar surface area (TPSA) is 100 Å². The number of thioether (sulfide) groups is 1. The van der Waals surface area contributed by atoms with Crippen LogP contribution in [0.4, 0.5) is 0 Å². The fraction of sp³-hybridized carbons (Fsp3) is 0.318. The second-order valence-electron chi connectivity index (χ2n) is 7.16. The van der Waals surface area contributed by atoms with Gasteiger partial charge in [-0.2, -0.15) is 5.26 Å². The van der Waals surface area contributed by atoms with Crippen LogP contribution in [0.5, 0.6) is 0 Å². The van der Waals surface area contributed by atoms with Gasteiger partial charge in [-0.25, -0.2) is 9.78 Å². The third-order valence-electron chi connectivity index (χ3n) is 5.16. The summed E-state index contributed by atoms with van der Waals surface area (Å²) in [5, 5.41) is 10.0. The molecule has 0 bridgehead atoms. The minimum absolute atomic E-state index is 0.0345. The van der Waals surface area contributed by atoms with Crippen molar-refractivity contribution in [1.29, 1.82) is 5.26 Å². The molecule has 1 aromatic heterocycles. The number of carbonyl (C=O) groups is 3. The third kappa shape index (κ3) is 3.68. The Bertz CT molecular complexity index is 1050. The SMILES string of the molecule is CSc1nc(C2CC2)cc(C(=O)OCCCN2C(=O)c3ccccc3C2=O)c1C#N. The fourth-order valence-electron chi connectivity index (χ4n) is 3.45. The smallest absolute Gasteiger partial charge is 0.339 e. The van der Waals surface area contributed by atoms with Gasteiger partial charge in [0.05, 0.1) is 28.9 Å². The minimum atomic E-state index is -0.589. The molecule has 1 fully saturated rings. The average molecular weight is 421 g/mol. The van der Waals surface area contributed by atoms with Crippen molar-refractivity contribution in [2.45, 2.75) is 30.2 Å². The molecule has 2 heterocycles. The molecule has 0 radical (unpaired) electrons. The van der Waals surface area contributed by atoms with Crippen molar-refractivity contribution in [3.8, 4) is 6.07 Å². The van der Waals surface area contributed by atoms with Crippen LogP contribution < -0.4 is 0 Å². The molecule has 1 aliphatic carbocycles. The summed E-state index contributed by atoms with van der Waals surface area (Å²) in [6.07, 6.45) is 4.19. The molecule has 1 aromatic carbocycles. The first-order chi connectivity index (χ1) is 14.5. The number of benzene rings is 1. The molecule has 30 heavy (non-hydrogen) atoms. The zero-order valence-corrected chi connectivity index (χ0v) is 17.2. The largest absolute Gasteiger partial charge is 0.462 e. The van der Waals surface area contributed by atoms with Crippen molar-refractivity contribution in [3.63, 3.8) is 0 Å². The number of nitrogens with zero attached hydrogens (tertiary/aromatic N) is 3. The summed E-state index contributed by atoms with van der Waals surface area (Å²) in [4.78, 5) is 43.0. The Morgan fingerprint density at radius 1 is 1.27 bits per heavy atom. The van der Waals surface area contributed by atoms with E-state index in [1.165, 1.54) is 16.7 Å². The number of hydrogen-bond acceptors (Lipinski definition) is 7. The molecule has 4 rings (SSSR count). The van der Waals surface area contributed by atoms with Crippen molar-refractivity contribution < 1.29 is 19.1 Å². The van der Waals surface area contributed by atoms with E-state index in [9.17, 15) is 19.6 Å². The van der Waals surface area contributed by atoms with E-state index in [1.807, 2.05) is 6.26 Å². The molecule has 0 unspecified atom stereocenters. The van der Waals surface area contributed by atoms with E-state index in [1.54, 1.807) is 30.3 Å². The van der Waals surface area contributed by atoms with Crippen molar-refractivity contribution in [2.24, 2.45) is 0 Å². The van der Waals surface area contributed by atoms with Crippen molar-refractivity contribution >= 4 is 29.5 Å². The van der Waals surface area contributed by atoms with Crippen molar-refractivity contribution in [2.75, 3.05) is 19.4 Å². The normalized spacial score (nSPS) is 15.1. The van der Waals surface area contributed by atoms with Crippen LogP contribution in [0.25, 0.3) is 0 Å². The summed E-state index contributed by atoms with van der Waals surface area (Å²) in [7, 11) is 0. The standard InChI is InChI=1S/C22H19N3O4S/c1-30-19-17(12-23)16(11-18(24-19)13-7-8-13)22(28)29-10-4-9-25-20(26)14-5-2-3-6-15(14)21(25)27/h2-3,5-6,11,13H,4,7-10H2,1H3. The highest BCUT2D eigenvalue weighted by Gasteiger charge is 2.34. The predicted molar refractivity (Wildman–Crippen MR) is 109 cm³/mol. The van der Waals surface area contributed by atoms with Gasteiger partial charge in [-0.15, -0.1) is 11.8 Å². The van der Waals surface area contributed by atoms with E-state index in [0.29, 0.717) is 28.5 Å². The molecule has 1 saturated carbocycles.